The van der Waals surface area contributed by atoms with Gasteiger partial charge in [0.1, 0.15) is 0 Å². The summed E-state index contributed by atoms with van der Waals surface area (Å²) in [6.07, 6.45) is 3.58. The summed E-state index contributed by atoms with van der Waals surface area (Å²) in [6.45, 7) is 7.28. The van der Waals surface area contributed by atoms with Crippen molar-refractivity contribution in [3.05, 3.63) is 53.6 Å². The van der Waals surface area contributed by atoms with Crippen molar-refractivity contribution in [2.45, 2.75) is 20.1 Å². The maximum Gasteiger partial charge on any atom is 0.225 e. The van der Waals surface area contributed by atoms with Crippen molar-refractivity contribution in [3.63, 3.8) is 0 Å². The van der Waals surface area contributed by atoms with Gasteiger partial charge in [-0.3, -0.25) is 4.90 Å². The van der Waals surface area contributed by atoms with Crippen LogP contribution < -0.4 is 4.90 Å². The lowest BCUT2D eigenvalue weighted by Crippen LogP contribution is -2.47. The molecule has 1 aliphatic rings. The molecular weight excluding hydrogens is 358 g/mol. The van der Waals surface area contributed by atoms with Crippen LogP contribution in [0.1, 0.15) is 6.92 Å². The van der Waals surface area contributed by atoms with Crippen LogP contribution in [0.2, 0.25) is 0 Å². The van der Waals surface area contributed by atoms with Gasteiger partial charge in [-0.2, -0.15) is 5.10 Å². The van der Waals surface area contributed by atoms with Crippen molar-refractivity contribution in [1.29, 1.82) is 0 Å². The number of benzene rings is 1. The average Bonchev–Trinajstić information content (AvgIpc) is 3.05. The molecule has 8 heteroatoms. The number of anilines is 1. The van der Waals surface area contributed by atoms with E-state index in [-0.39, 0.29) is 0 Å². The number of hydrogen-bond acceptors (Lipinski definition) is 6. The Kier molecular flexibility index (Phi) is 5.26. The van der Waals surface area contributed by atoms with Gasteiger partial charge in [0.2, 0.25) is 5.95 Å². The van der Waals surface area contributed by atoms with E-state index >= 15 is 0 Å². The first-order chi connectivity index (χ1) is 13.3. The zero-order chi connectivity index (χ0) is 18.6. The predicted octanol–water partition coefficient (Wildman–Crippen LogP) is 2.67. The molecule has 0 radical (unpaired) electrons. The highest BCUT2D eigenvalue weighted by atomic mass is 32.1. The topological polar surface area (TPSA) is 55.0 Å². The van der Waals surface area contributed by atoms with Crippen LogP contribution in [-0.2, 0) is 13.2 Å². The lowest BCUT2D eigenvalue weighted by molar-refractivity contribution is 0.193. The largest absolute Gasteiger partial charge is 0.338 e. The van der Waals surface area contributed by atoms with E-state index in [1.807, 2.05) is 28.9 Å². The summed E-state index contributed by atoms with van der Waals surface area (Å²) in [5.74, 6) is 1.73. The van der Waals surface area contributed by atoms with E-state index in [9.17, 15) is 0 Å². The van der Waals surface area contributed by atoms with Crippen LogP contribution in [0.4, 0.5) is 5.95 Å². The molecule has 3 aromatic rings. The Balaban J connectivity index is 1.48. The van der Waals surface area contributed by atoms with E-state index in [4.69, 9.17) is 17.3 Å². The first-order valence-electron chi connectivity index (χ1n) is 9.23. The van der Waals surface area contributed by atoms with Gasteiger partial charge in [-0.25, -0.2) is 14.6 Å². The van der Waals surface area contributed by atoms with Crippen molar-refractivity contribution in [2.75, 3.05) is 31.1 Å². The molecule has 1 aromatic carbocycles. The van der Waals surface area contributed by atoms with Crippen molar-refractivity contribution in [1.82, 2.24) is 29.2 Å². The van der Waals surface area contributed by atoms with Crippen LogP contribution in [0.3, 0.4) is 0 Å². The molecule has 2 aromatic heterocycles. The molecule has 1 fully saturated rings. The van der Waals surface area contributed by atoms with E-state index in [2.05, 4.69) is 43.4 Å². The van der Waals surface area contributed by atoms with Crippen LogP contribution in [-0.4, -0.2) is 55.4 Å². The van der Waals surface area contributed by atoms with Crippen LogP contribution in [0.15, 0.2) is 48.8 Å². The molecule has 0 N–H and O–H groups in total. The zero-order valence-corrected chi connectivity index (χ0v) is 16.2. The number of nitrogens with zero attached hydrogens (tertiary/aromatic N) is 7. The molecule has 4 rings (SSSR count). The van der Waals surface area contributed by atoms with E-state index in [0.29, 0.717) is 6.67 Å². The lowest BCUT2D eigenvalue weighted by Gasteiger charge is -2.34. The standard InChI is InChI=1S/C19H23N7S/c1-2-25-17(16-7-4-3-5-8-16)22-26(19(25)27)15-23-11-13-24(14-12-23)18-20-9-6-10-21-18/h3-10H,2,11-15H2,1H3. The fraction of sp³-hybridized carbons (Fsp3) is 0.368. The molecule has 0 amide bonds. The third kappa shape index (κ3) is 3.77. The number of aromatic nitrogens is 5. The minimum Gasteiger partial charge on any atom is -0.338 e. The average molecular weight is 382 g/mol. The highest BCUT2D eigenvalue weighted by molar-refractivity contribution is 7.71. The molecule has 0 unspecified atom stereocenters. The maximum absolute atomic E-state index is 5.69. The summed E-state index contributed by atoms with van der Waals surface area (Å²) < 4.78 is 4.80. The zero-order valence-electron chi connectivity index (χ0n) is 15.4. The molecule has 140 valence electrons. The molecule has 1 saturated heterocycles. The number of piperazine rings is 1. The smallest absolute Gasteiger partial charge is 0.225 e. The monoisotopic (exact) mass is 381 g/mol. The molecule has 0 bridgehead atoms. The van der Waals surface area contributed by atoms with Crippen molar-refractivity contribution >= 4 is 18.2 Å². The Bertz CT molecular complexity index is 928. The van der Waals surface area contributed by atoms with Gasteiger partial charge in [0.25, 0.3) is 0 Å². The maximum atomic E-state index is 5.69. The summed E-state index contributed by atoms with van der Waals surface area (Å²) >= 11 is 5.69. The van der Waals surface area contributed by atoms with Gasteiger partial charge in [0.15, 0.2) is 10.6 Å². The number of hydrogen-bond donors (Lipinski definition) is 0. The Hall–Kier alpha value is -2.58. The van der Waals surface area contributed by atoms with Gasteiger partial charge in [0.05, 0.1) is 6.67 Å². The molecule has 0 atom stereocenters. The molecule has 3 heterocycles. The molecular formula is C19H23N7S. The van der Waals surface area contributed by atoms with E-state index < -0.39 is 0 Å². The molecule has 27 heavy (non-hydrogen) atoms. The van der Waals surface area contributed by atoms with Crippen molar-refractivity contribution < 1.29 is 0 Å². The molecule has 0 aliphatic carbocycles. The SMILES string of the molecule is CCn1c(-c2ccccc2)nn(CN2CCN(c3ncccn3)CC2)c1=S. The third-order valence-corrected chi connectivity index (χ3v) is 5.24. The third-order valence-electron chi connectivity index (χ3n) is 4.81. The lowest BCUT2D eigenvalue weighted by atomic mass is 10.2. The van der Waals surface area contributed by atoms with Crippen LogP contribution in [0.5, 0.6) is 0 Å². The van der Waals surface area contributed by atoms with Crippen LogP contribution in [0, 0.1) is 4.77 Å². The second-order valence-electron chi connectivity index (χ2n) is 6.51. The summed E-state index contributed by atoms with van der Waals surface area (Å²) in [5, 5.41) is 4.82. The first-order valence-corrected chi connectivity index (χ1v) is 9.64. The highest BCUT2D eigenvalue weighted by Gasteiger charge is 2.20. The van der Waals surface area contributed by atoms with Gasteiger partial charge >= 0.3 is 0 Å². The molecule has 1 aliphatic heterocycles. The minimum absolute atomic E-state index is 0.704. The summed E-state index contributed by atoms with van der Waals surface area (Å²) in [7, 11) is 0. The molecule has 7 nitrogen and oxygen atoms in total. The fourth-order valence-electron chi connectivity index (χ4n) is 3.35. The quantitative estimate of drug-likeness (QED) is 0.634. The predicted molar refractivity (Wildman–Crippen MR) is 108 cm³/mol. The van der Waals surface area contributed by atoms with Gasteiger partial charge in [0, 0.05) is 50.7 Å². The summed E-state index contributed by atoms with van der Waals surface area (Å²) in [4.78, 5) is 13.3. The Labute approximate surface area is 163 Å². The van der Waals surface area contributed by atoms with Crippen LogP contribution >= 0.6 is 12.2 Å². The van der Waals surface area contributed by atoms with Gasteiger partial charge in [-0.05, 0) is 25.2 Å². The number of rotatable bonds is 5. The highest BCUT2D eigenvalue weighted by Crippen LogP contribution is 2.18. The van der Waals surface area contributed by atoms with E-state index in [1.165, 1.54) is 0 Å². The second kappa shape index (κ2) is 7.98. The van der Waals surface area contributed by atoms with Gasteiger partial charge in [-0.1, -0.05) is 30.3 Å². The molecule has 0 spiro atoms. The second-order valence-corrected chi connectivity index (χ2v) is 6.88. The first kappa shape index (κ1) is 17.8. The summed E-state index contributed by atoms with van der Waals surface area (Å²) in [5.41, 5.74) is 1.09. The Morgan fingerprint density at radius 1 is 0.963 bits per heavy atom. The van der Waals surface area contributed by atoms with E-state index in [0.717, 1.165) is 54.8 Å². The van der Waals surface area contributed by atoms with Crippen molar-refractivity contribution in [2.24, 2.45) is 0 Å². The minimum atomic E-state index is 0.704. The van der Waals surface area contributed by atoms with Gasteiger partial charge in [-0.15, -0.1) is 0 Å². The molecule has 0 saturated carbocycles. The normalized spacial score (nSPS) is 15.2. The van der Waals surface area contributed by atoms with Crippen LogP contribution in [0.25, 0.3) is 11.4 Å². The van der Waals surface area contributed by atoms with Gasteiger partial charge < -0.3 is 9.47 Å². The Morgan fingerprint density at radius 2 is 1.67 bits per heavy atom. The fourth-order valence-corrected chi connectivity index (χ4v) is 3.67. The van der Waals surface area contributed by atoms with E-state index in [1.54, 1.807) is 12.4 Å². The summed E-state index contributed by atoms with van der Waals surface area (Å²) in [6, 6.07) is 12.1. The van der Waals surface area contributed by atoms with Crippen molar-refractivity contribution in [3.8, 4) is 11.4 Å². The Morgan fingerprint density at radius 3 is 2.33 bits per heavy atom.